The van der Waals surface area contributed by atoms with Crippen LogP contribution in [-0.2, 0) is 0 Å². The number of anilines is 1. The SMILES string of the molecule is CCCCCCCCNc1nccnc1Cl. The van der Waals surface area contributed by atoms with E-state index in [1.165, 1.54) is 32.1 Å². The maximum atomic E-state index is 5.87. The summed E-state index contributed by atoms with van der Waals surface area (Å²) in [5.74, 6) is 0.692. The Morgan fingerprint density at radius 1 is 1.06 bits per heavy atom. The van der Waals surface area contributed by atoms with Crippen LogP contribution in [0.3, 0.4) is 0 Å². The summed E-state index contributed by atoms with van der Waals surface area (Å²) in [5, 5.41) is 3.65. The quantitative estimate of drug-likeness (QED) is 0.702. The number of unbranched alkanes of at least 4 members (excludes halogenated alkanes) is 5. The third kappa shape index (κ3) is 5.31. The summed E-state index contributed by atoms with van der Waals surface area (Å²) < 4.78 is 0. The third-order valence-corrected chi connectivity index (χ3v) is 2.75. The van der Waals surface area contributed by atoms with E-state index in [1.54, 1.807) is 12.4 Å². The largest absolute Gasteiger partial charge is 0.368 e. The van der Waals surface area contributed by atoms with Gasteiger partial charge >= 0.3 is 0 Å². The molecule has 0 fully saturated rings. The zero-order valence-corrected chi connectivity index (χ0v) is 10.6. The minimum atomic E-state index is 0.452. The maximum Gasteiger partial charge on any atom is 0.171 e. The zero-order valence-electron chi connectivity index (χ0n) is 9.88. The molecule has 4 heteroatoms. The molecule has 90 valence electrons. The predicted octanol–water partition coefficient (Wildman–Crippen LogP) is 3.90. The molecule has 1 heterocycles. The van der Waals surface area contributed by atoms with Crippen LogP contribution in [-0.4, -0.2) is 16.5 Å². The summed E-state index contributed by atoms with van der Waals surface area (Å²) in [6, 6.07) is 0. The van der Waals surface area contributed by atoms with E-state index in [-0.39, 0.29) is 0 Å². The number of hydrogen-bond acceptors (Lipinski definition) is 3. The van der Waals surface area contributed by atoms with Gasteiger partial charge in [0.05, 0.1) is 0 Å². The van der Waals surface area contributed by atoms with Gasteiger partial charge in [-0.05, 0) is 6.42 Å². The van der Waals surface area contributed by atoms with Crippen LogP contribution in [0.2, 0.25) is 5.15 Å². The molecule has 0 aliphatic rings. The molecule has 0 saturated heterocycles. The summed E-state index contributed by atoms with van der Waals surface area (Å²) in [6.45, 7) is 3.15. The van der Waals surface area contributed by atoms with Gasteiger partial charge in [0.15, 0.2) is 11.0 Å². The predicted molar refractivity (Wildman–Crippen MR) is 68.9 cm³/mol. The second-order valence-corrected chi connectivity index (χ2v) is 4.25. The number of halogens is 1. The Morgan fingerprint density at radius 3 is 2.50 bits per heavy atom. The Balaban J connectivity index is 2.05. The molecule has 0 radical (unpaired) electrons. The molecular formula is C12H20ClN3. The fourth-order valence-corrected chi connectivity index (χ4v) is 1.72. The molecule has 0 aliphatic heterocycles. The molecule has 16 heavy (non-hydrogen) atoms. The highest BCUT2D eigenvalue weighted by molar-refractivity contribution is 6.31. The summed E-state index contributed by atoms with van der Waals surface area (Å²) in [5.41, 5.74) is 0. The Morgan fingerprint density at radius 2 is 1.75 bits per heavy atom. The molecule has 1 aromatic heterocycles. The lowest BCUT2D eigenvalue weighted by Gasteiger charge is -2.05. The molecule has 0 aliphatic carbocycles. The van der Waals surface area contributed by atoms with Crippen LogP contribution in [0.4, 0.5) is 5.82 Å². The van der Waals surface area contributed by atoms with E-state index < -0.39 is 0 Å². The summed E-state index contributed by atoms with van der Waals surface area (Å²) in [4.78, 5) is 8.08. The normalized spacial score (nSPS) is 10.4. The molecule has 0 saturated carbocycles. The van der Waals surface area contributed by atoms with Crippen molar-refractivity contribution < 1.29 is 0 Å². The minimum absolute atomic E-state index is 0.452. The minimum Gasteiger partial charge on any atom is -0.368 e. The van der Waals surface area contributed by atoms with Crippen molar-refractivity contribution >= 4 is 17.4 Å². The lowest BCUT2D eigenvalue weighted by atomic mass is 10.1. The second kappa shape index (κ2) is 8.34. The van der Waals surface area contributed by atoms with Crippen molar-refractivity contribution in [3.63, 3.8) is 0 Å². The molecule has 0 spiro atoms. The Hall–Kier alpha value is -0.830. The lowest BCUT2D eigenvalue weighted by Crippen LogP contribution is -2.04. The summed E-state index contributed by atoms with van der Waals surface area (Å²) in [6.07, 6.45) is 11.0. The fourth-order valence-electron chi connectivity index (χ4n) is 1.55. The van der Waals surface area contributed by atoms with Crippen LogP contribution in [0.1, 0.15) is 45.4 Å². The van der Waals surface area contributed by atoms with Gasteiger partial charge in [-0.3, -0.25) is 0 Å². The van der Waals surface area contributed by atoms with Crippen molar-refractivity contribution in [3.05, 3.63) is 17.5 Å². The van der Waals surface area contributed by atoms with Crippen molar-refractivity contribution in [3.8, 4) is 0 Å². The van der Waals surface area contributed by atoms with Crippen molar-refractivity contribution in [1.29, 1.82) is 0 Å². The average molecular weight is 242 g/mol. The highest BCUT2D eigenvalue weighted by Crippen LogP contribution is 2.14. The molecule has 1 aromatic rings. The fraction of sp³-hybridized carbons (Fsp3) is 0.667. The highest BCUT2D eigenvalue weighted by atomic mass is 35.5. The van der Waals surface area contributed by atoms with Gasteiger partial charge in [-0.25, -0.2) is 9.97 Å². The Labute approximate surface area is 103 Å². The maximum absolute atomic E-state index is 5.87. The van der Waals surface area contributed by atoms with E-state index in [1.807, 2.05) is 0 Å². The van der Waals surface area contributed by atoms with Gasteiger partial charge in [0.2, 0.25) is 0 Å². The Bertz CT molecular complexity index is 291. The standard InChI is InChI=1S/C12H20ClN3/c1-2-3-4-5-6-7-8-15-12-11(13)14-9-10-16-12/h9-10H,2-8H2,1H3,(H,15,16). The summed E-state index contributed by atoms with van der Waals surface area (Å²) in [7, 11) is 0. The first-order valence-electron chi connectivity index (χ1n) is 6.05. The second-order valence-electron chi connectivity index (χ2n) is 3.89. The lowest BCUT2D eigenvalue weighted by molar-refractivity contribution is 0.616. The van der Waals surface area contributed by atoms with Gasteiger partial charge in [-0.1, -0.05) is 50.6 Å². The van der Waals surface area contributed by atoms with Crippen molar-refractivity contribution in [2.45, 2.75) is 45.4 Å². The average Bonchev–Trinajstić information content (AvgIpc) is 2.30. The molecular weight excluding hydrogens is 222 g/mol. The van der Waals surface area contributed by atoms with Gasteiger partial charge < -0.3 is 5.32 Å². The van der Waals surface area contributed by atoms with Gasteiger partial charge in [0.25, 0.3) is 0 Å². The van der Waals surface area contributed by atoms with Crippen LogP contribution in [0.25, 0.3) is 0 Å². The van der Waals surface area contributed by atoms with Crippen LogP contribution in [0, 0.1) is 0 Å². The first-order chi connectivity index (χ1) is 7.84. The summed E-state index contributed by atoms with van der Waals surface area (Å²) >= 11 is 5.87. The van der Waals surface area contributed by atoms with Gasteiger partial charge in [-0.15, -0.1) is 0 Å². The molecule has 0 aromatic carbocycles. The van der Waals surface area contributed by atoms with E-state index >= 15 is 0 Å². The van der Waals surface area contributed by atoms with E-state index in [0.29, 0.717) is 11.0 Å². The molecule has 0 unspecified atom stereocenters. The topological polar surface area (TPSA) is 37.8 Å². The highest BCUT2D eigenvalue weighted by Gasteiger charge is 1.99. The van der Waals surface area contributed by atoms with Gasteiger partial charge in [0.1, 0.15) is 0 Å². The van der Waals surface area contributed by atoms with Crippen molar-refractivity contribution in [2.75, 3.05) is 11.9 Å². The van der Waals surface area contributed by atoms with E-state index in [9.17, 15) is 0 Å². The number of rotatable bonds is 8. The first kappa shape index (κ1) is 13.2. The Kier molecular flexibility index (Phi) is 6.90. The van der Waals surface area contributed by atoms with Crippen LogP contribution in [0.5, 0.6) is 0 Å². The van der Waals surface area contributed by atoms with Gasteiger partial charge in [-0.2, -0.15) is 0 Å². The van der Waals surface area contributed by atoms with Crippen LogP contribution >= 0.6 is 11.6 Å². The first-order valence-corrected chi connectivity index (χ1v) is 6.42. The zero-order chi connectivity index (χ0) is 11.6. The molecule has 0 amide bonds. The van der Waals surface area contributed by atoms with Crippen LogP contribution < -0.4 is 5.32 Å². The number of hydrogen-bond donors (Lipinski definition) is 1. The molecule has 0 bridgehead atoms. The number of nitrogens with one attached hydrogen (secondary N) is 1. The van der Waals surface area contributed by atoms with Gasteiger partial charge in [0, 0.05) is 18.9 Å². The third-order valence-electron chi connectivity index (χ3n) is 2.48. The molecule has 3 nitrogen and oxygen atoms in total. The van der Waals surface area contributed by atoms with Crippen molar-refractivity contribution in [2.24, 2.45) is 0 Å². The number of nitrogens with zero attached hydrogens (tertiary/aromatic N) is 2. The molecule has 1 N–H and O–H groups in total. The van der Waals surface area contributed by atoms with Crippen molar-refractivity contribution in [1.82, 2.24) is 9.97 Å². The van der Waals surface area contributed by atoms with E-state index in [2.05, 4.69) is 22.2 Å². The molecule has 1 rings (SSSR count). The monoisotopic (exact) mass is 241 g/mol. The van der Waals surface area contributed by atoms with E-state index in [0.717, 1.165) is 13.0 Å². The number of aromatic nitrogens is 2. The smallest absolute Gasteiger partial charge is 0.171 e. The van der Waals surface area contributed by atoms with Crippen LogP contribution in [0.15, 0.2) is 12.4 Å². The molecule has 0 atom stereocenters. The van der Waals surface area contributed by atoms with E-state index in [4.69, 9.17) is 11.6 Å².